The first-order valence-corrected chi connectivity index (χ1v) is 9.57. The van der Waals surface area contributed by atoms with E-state index in [9.17, 15) is 14.9 Å². The molecule has 1 amide bonds. The summed E-state index contributed by atoms with van der Waals surface area (Å²) in [5.41, 5.74) is 1.09. The zero-order valence-electron chi connectivity index (χ0n) is 15.1. The lowest BCUT2D eigenvalue weighted by Gasteiger charge is -2.30. The monoisotopic (exact) mass is 361 g/mol. The van der Waals surface area contributed by atoms with E-state index in [1.807, 2.05) is 0 Å². The average Bonchev–Trinajstić information content (AvgIpc) is 2.64. The second-order valence-corrected chi connectivity index (χ2v) is 7.07. The van der Waals surface area contributed by atoms with Gasteiger partial charge in [0.25, 0.3) is 11.6 Å². The number of nitro groups is 1. The summed E-state index contributed by atoms with van der Waals surface area (Å²) >= 11 is 0. The summed E-state index contributed by atoms with van der Waals surface area (Å²) in [7, 11) is 0. The van der Waals surface area contributed by atoms with Crippen molar-refractivity contribution in [2.45, 2.75) is 51.0 Å². The molecule has 1 N–H and O–H groups in total. The van der Waals surface area contributed by atoms with Crippen LogP contribution in [-0.2, 0) is 4.74 Å². The maximum absolute atomic E-state index is 13.0. The summed E-state index contributed by atoms with van der Waals surface area (Å²) < 4.78 is 5.38. The van der Waals surface area contributed by atoms with E-state index in [1.54, 1.807) is 6.07 Å². The Kier molecular flexibility index (Phi) is 6.44. The summed E-state index contributed by atoms with van der Waals surface area (Å²) in [5.74, 6) is -0.208. The quantitative estimate of drug-likeness (QED) is 0.657. The fraction of sp³-hybridized carbons (Fsp3) is 0.632. The van der Waals surface area contributed by atoms with Gasteiger partial charge in [-0.1, -0.05) is 32.1 Å². The Morgan fingerprint density at radius 3 is 2.42 bits per heavy atom. The van der Waals surface area contributed by atoms with E-state index in [0.29, 0.717) is 31.9 Å². The normalized spacial score (nSPS) is 19.5. The molecule has 7 heteroatoms. The Morgan fingerprint density at radius 1 is 1.12 bits per heavy atom. The molecule has 1 aliphatic carbocycles. The summed E-state index contributed by atoms with van der Waals surface area (Å²) in [6, 6.07) is 4.72. The van der Waals surface area contributed by atoms with E-state index >= 15 is 0 Å². The zero-order valence-corrected chi connectivity index (χ0v) is 15.1. The average molecular weight is 361 g/mol. The van der Waals surface area contributed by atoms with Crippen LogP contribution >= 0.6 is 0 Å². The first kappa shape index (κ1) is 18.6. The van der Waals surface area contributed by atoms with Gasteiger partial charge in [0.15, 0.2) is 0 Å². The number of benzene rings is 1. The summed E-state index contributed by atoms with van der Waals surface area (Å²) in [4.78, 5) is 25.8. The number of amides is 1. The van der Waals surface area contributed by atoms with Crippen LogP contribution in [0.15, 0.2) is 18.2 Å². The summed E-state index contributed by atoms with van der Waals surface area (Å²) in [6.45, 7) is 2.56. The molecule has 2 fully saturated rings. The molecule has 7 nitrogen and oxygen atoms in total. The molecule has 1 saturated carbocycles. The van der Waals surface area contributed by atoms with Crippen molar-refractivity contribution in [1.82, 2.24) is 5.32 Å². The van der Waals surface area contributed by atoms with Crippen LogP contribution in [0, 0.1) is 10.1 Å². The smallest absolute Gasteiger partial charge is 0.270 e. The molecule has 142 valence electrons. The molecule has 3 rings (SSSR count). The van der Waals surface area contributed by atoms with Crippen molar-refractivity contribution in [1.29, 1.82) is 0 Å². The second-order valence-electron chi connectivity index (χ2n) is 7.07. The first-order valence-electron chi connectivity index (χ1n) is 9.57. The number of nitrogens with one attached hydrogen (secondary N) is 1. The van der Waals surface area contributed by atoms with Gasteiger partial charge in [0, 0.05) is 31.3 Å². The minimum atomic E-state index is -0.449. The summed E-state index contributed by atoms with van der Waals surface area (Å²) in [5, 5.41) is 14.3. The van der Waals surface area contributed by atoms with Crippen LogP contribution in [0.4, 0.5) is 11.4 Å². The molecule has 1 saturated heterocycles. The van der Waals surface area contributed by atoms with Crippen molar-refractivity contribution in [3.63, 3.8) is 0 Å². The SMILES string of the molecule is O=C(NC1CCCCCCC1)c1cc([N+](=O)[O-])ccc1N1CCOCC1. The van der Waals surface area contributed by atoms with Crippen molar-refractivity contribution in [3.05, 3.63) is 33.9 Å². The van der Waals surface area contributed by atoms with E-state index in [4.69, 9.17) is 4.74 Å². The molecule has 0 atom stereocenters. The van der Waals surface area contributed by atoms with Gasteiger partial charge in [0.1, 0.15) is 0 Å². The lowest BCUT2D eigenvalue weighted by Crippen LogP contribution is -2.39. The standard InChI is InChI=1S/C19H27N3O4/c23-19(20-15-6-4-2-1-3-5-7-15)17-14-16(22(24)25)8-9-18(17)21-10-12-26-13-11-21/h8-9,14-15H,1-7,10-13H2,(H,20,23). The minimum absolute atomic E-state index is 0.0511. The van der Waals surface area contributed by atoms with Crippen LogP contribution < -0.4 is 10.2 Å². The number of hydrogen-bond acceptors (Lipinski definition) is 5. The topological polar surface area (TPSA) is 84.7 Å². The van der Waals surface area contributed by atoms with Gasteiger partial charge in [0.05, 0.1) is 29.4 Å². The molecule has 1 heterocycles. The lowest BCUT2D eigenvalue weighted by atomic mass is 9.96. The van der Waals surface area contributed by atoms with Crippen molar-refractivity contribution in [2.75, 3.05) is 31.2 Å². The van der Waals surface area contributed by atoms with Crippen LogP contribution in [0.3, 0.4) is 0 Å². The van der Waals surface area contributed by atoms with Crippen LogP contribution in [-0.4, -0.2) is 43.2 Å². The number of rotatable bonds is 4. The third-order valence-corrected chi connectivity index (χ3v) is 5.23. The molecule has 1 aliphatic heterocycles. The van der Waals surface area contributed by atoms with Gasteiger partial charge >= 0.3 is 0 Å². The molecule has 0 bridgehead atoms. The van der Waals surface area contributed by atoms with Gasteiger partial charge in [-0.15, -0.1) is 0 Å². The van der Waals surface area contributed by atoms with Crippen LogP contribution in [0.5, 0.6) is 0 Å². The number of nitrogens with zero attached hydrogens (tertiary/aromatic N) is 2. The predicted molar refractivity (Wildman–Crippen MR) is 99.7 cm³/mol. The number of morpholine rings is 1. The van der Waals surface area contributed by atoms with Crippen LogP contribution in [0.2, 0.25) is 0 Å². The van der Waals surface area contributed by atoms with Crippen molar-refractivity contribution >= 4 is 17.3 Å². The van der Waals surface area contributed by atoms with Gasteiger partial charge < -0.3 is 15.0 Å². The lowest BCUT2D eigenvalue weighted by molar-refractivity contribution is -0.384. The molecule has 26 heavy (non-hydrogen) atoms. The highest BCUT2D eigenvalue weighted by molar-refractivity contribution is 6.00. The predicted octanol–water partition coefficient (Wildman–Crippen LogP) is 3.27. The third-order valence-electron chi connectivity index (χ3n) is 5.23. The minimum Gasteiger partial charge on any atom is -0.378 e. The number of nitro benzene ring substituents is 1. The molecular formula is C19H27N3O4. The highest BCUT2D eigenvalue weighted by Gasteiger charge is 2.23. The number of anilines is 1. The fourth-order valence-electron chi connectivity index (χ4n) is 3.76. The van der Waals surface area contributed by atoms with Crippen LogP contribution in [0.25, 0.3) is 0 Å². The van der Waals surface area contributed by atoms with E-state index in [1.165, 1.54) is 31.4 Å². The molecule has 0 aromatic heterocycles. The Morgan fingerprint density at radius 2 is 1.77 bits per heavy atom. The Labute approximate surface area is 153 Å². The molecule has 2 aliphatic rings. The molecular weight excluding hydrogens is 334 g/mol. The van der Waals surface area contributed by atoms with Gasteiger partial charge in [-0.2, -0.15) is 0 Å². The van der Waals surface area contributed by atoms with Crippen molar-refractivity contribution in [2.24, 2.45) is 0 Å². The molecule has 0 radical (unpaired) electrons. The molecule has 0 spiro atoms. The van der Waals surface area contributed by atoms with Crippen molar-refractivity contribution in [3.8, 4) is 0 Å². The van der Waals surface area contributed by atoms with E-state index in [0.717, 1.165) is 31.4 Å². The Balaban J connectivity index is 1.81. The van der Waals surface area contributed by atoms with Crippen LogP contribution in [0.1, 0.15) is 55.3 Å². The Bertz CT molecular complexity index is 636. The second kappa shape index (κ2) is 8.98. The van der Waals surface area contributed by atoms with Crippen molar-refractivity contribution < 1.29 is 14.5 Å². The van der Waals surface area contributed by atoms with E-state index in [-0.39, 0.29) is 17.6 Å². The molecule has 1 aromatic rings. The highest BCUT2D eigenvalue weighted by atomic mass is 16.6. The zero-order chi connectivity index (χ0) is 18.4. The number of ether oxygens (including phenoxy) is 1. The molecule has 0 unspecified atom stereocenters. The number of non-ortho nitro benzene ring substituents is 1. The number of carbonyl (C=O) groups excluding carboxylic acids is 1. The Hall–Kier alpha value is -2.15. The molecule has 1 aromatic carbocycles. The van der Waals surface area contributed by atoms with Gasteiger partial charge in [-0.3, -0.25) is 14.9 Å². The summed E-state index contributed by atoms with van der Waals surface area (Å²) in [6.07, 6.45) is 7.89. The maximum atomic E-state index is 13.0. The fourth-order valence-corrected chi connectivity index (χ4v) is 3.76. The first-order chi connectivity index (χ1) is 12.6. The van der Waals surface area contributed by atoms with Gasteiger partial charge in [-0.25, -0.2) is 0 Å². The van der Waals surface area contributed by atoms with E-state index < -0.39 is 4.92 Å². The largest absolute Gasteiger partial charge is 0.378 e. The maximum Gasteiger partial charge on any atom is 0.270 e. The number of hydrogen-bond donors (Lipinski definition) is 1. The van der Waals surface area contributed by atoms with Gasteiger partial charge in [0.2, 0.25) is 0 Å². The van der Waals surface area contributed by atoms with E-state index in [2.05, 4.69) is 10.2 Å². The van der Waals surface area contributed by atoms with Gasteiger partial charge in [-0.05, 0) is 18.9 Å². The highest BCUT2D eigenvalue weighted by Crippen LogP contribution is 2.27. The number of carbonyl (C=O) groups is 1. The third kappa shape index (κ3) is 4.72.